The van der Waals surface area contributed by atoms with Crippen LogP contribution in [0, 0.1) is 5.82 Å². The van der Waals surface area contributed by atoms with E-state index in [2.05, 4.69) is 16.0 Å². The molecule has 23 heavy (non-hydrogen) atoms. The van der Waals surface area contributed by atoms with Crippen LogP contribution in [0.1, 0.15) is 10.4 Å². The minimum atomic E-state index is -0.521. The third-order valence-corrected chi connectivity index (χ3v) is 3.30. The van der Waals surface area contributed by atoms with Crippen molar-refractivity contribution in [3.05, 3.63) is 58.9 Å². The third-order valence-electron chi connectivity index (χ3n) is 3.01. The molecule has 3 N–H and O–H groups in total. The van der Waals surface area contributed by atoms with E-state index in [0.717, 1.165) is 0 Å². The van der Waals surface area contributed by atoms with Crippen LogP contribution in [0.5, 0.6) is 0 Å². The van der Waals surface area contributed by atoms with E-state index in [1.54, 1.807) is 24.3 Å². The van der Waals surface area contributed by atoms with Crippen molar-refractivity contribution in [3.63, 3.8) is 0 Å². The number of anilines is 2. The molecular weight excluding hydrogens is 321 g/mol. The first-order valence-electron chi connectivity index (χ1n) is 6.80. The number of benzene rings is 2. The topological polar surface area (TPSA) is 70.2 Å². The van der Waals surface area contributed by atoms with Gasteiger partial charge in [0.05, 0.1) is 11.6 Å². The molecule has 0 heterocycles. The van der Waals surface area contributed by atoms with Gasteiger partial charge in [0.1, 0.15) is 5.82 Å². The van der Waals surface area contributed by atoms with Gasteiger partial charge in [0.15, 0.2) is 0 Å². The zero-order valence-corrected chi connectivity index (χ0v) is 13.1. The molecule has 0 saturated heterocycles. The molecule has 0 aromatic heterocycles. The summed E-state index contributed by atoms with van der Waals surface area (Å²) in [5.74, 6) is -1.06. The van der Waals surface area contributed by atoms with Gasteiger partial charge in [-0.2, -0.15) is 0 Å². The second kappa shape index (κ2) is 7.60. The lowest BCUT2D eigenvalue weighted by Crippen LogP contribution is -2.22. The van der Waals surface area contributed by atoms with Crippen LogP contribution in [-0.2, 0) is 4.79 Å². The van der Waals surface area contributed by atoms with Crippen LogP contribution in [0.25, 0.3) is 0 Å². The van der Waals surface area contributed by atoms with Gasteiger partial charge in [-0.05, 0) is 36.4 Å². The van der Waals surface area contributed by atoms with Gasteiger partial charge in [0.2, 0.25) is 5.91 Å². The van der Waals surface area contributed by atoms with E-state index in [-0.39, 0.29) is 23.4 Å². The number of carbonyl (C=O) groups excluding carboxylic acids is 2. The third kappa shape index (κ3) is 4.69. The predicted molar refractivity (Wildman–Crippen MR) is 88.4 cm³/mol. The van der Waals surface area contributed by atoms with E-state index in [1.807, 2.05) is 0 Å². The summed E-state index contributed by atoms with van der Waals surface area (Å²) >= 11 is 5.67. The van der Waals surface area contributed by atoms with Gasteiger partial charge in [-0.15, -0.1) is 0 Å². The van der Waals surface area contributed by atoms with Crippen molar-refractivity contribution in [3.8, 4) is 0 Å². The summed E-state index contributed by atoms with van der Waals surface area (Å²) in [4.78, 5) is 23.4. The molecule has 0 bridgehead atoms. The van der Waals surface area contributed by atoms with Crippen molar-refractivity contribution in [1.29, 1.82) is 0 Å². The van der Waals surface area contributed by atoms with Gasteiger partial charge in [-0.25, -0.2) is 4.39 Å². The Balaban J connectivity index is 1.94. The molecule has 0 unspecified atom stereocenters. The Bertz CT molecular complexity index is 737. The molecule has 0 spiro atoms. The maximum absolute atomic E-state index is 13.0. The Morgan fingerprint density at radius 2 is 1.91 bits per heavy atom. The van der Waals surface area contributed by atoms with E-state index < -0.39 is 5.82 Å². The minimum absolute atomic E-state index is 0.0197. The van der Waals surface area contributed by atoms with Crippen molar-refractivity contribution in [2.75, 3.05) is 24.2 Å². The Hall–Kier alpha value is -2.60. The fourth-order valence-corrected chi connectivity index (χ4v) is 2.06. The second-order valence-electron chi connectivity index (χ2n) is 4.69. The zero-order valence-electron chi connectivity index (χ0n) is 12.3. The lowest BCUT2D eigenvalue weighted by atomic mass is 10.2. The summed E-state index contributed by atoms with van der Waals surface area (Å²) in [6.07, 6.45) is 0. The van der Waals surface area contributed by atoms with Crippen LogP contribution in [0.4, 0.5) is 15.8 Å². The number of nitrogens with one attached hydrogen (secondary N) is 3. The molecule has 0 atom stereocenters. The zero-order chi connectivity index (χ0) is 16.8. The highest BCUT2D eigenvalue weighted by molar-refractivity contribution is 6.31. The van der Waals surface area contributed by atoms with Gasteiger partial charge in [0, 0.05) is 24.0 Å². The van der Waals surface area contributed by atoms with E-state index in [1.165, 1.54) is 25.2 Å². The average Bonchev–Trinajstić information content (AvgIpc) is 2.55. The largest absolute Gasteiger partial charge is 0.376 e. The lowest BCUT2D eigenvalue weighted by molar-refractivity contribution is -0.114. The SMILES string of the molecule is CNC(=O)c1cccc(NC(=O)CNc2ccc(F)c(Cl)c2)c1. The van der Waals surface area contributed by atoms with Crippen LogP contribution >= 0.6 is 11.6 Å². The van der Waals surface area contributed by atoms with E-state index in [4.69, 9.17) is 11.6 Å². The highest BCUT2D eigenvalue weighted by atomic mass is 35.5. The number of amides is 2. The lowest BCUT2D eigenvalue weighted by Gasteiger charge is -2.09. The van der Waals surface area contributed by atoms with Crippen LogP contribution in [-0.4, -0.2) is 25.4 Å². The maximum Gasteiger partial charge on any atom is 0.251 e. The van der Waals surface area contributed by atoms with Crippen LogP contribution in [0.3, 0.4) is 0 Å². The Kier molecular flexibility index (Phi) is 5.54. The fourth-order valence-electron chi connectivity index (χ4n) is 1.88. The fraction of sp³-hybridized carbons (Fsp3) is 0.125. The van der Waals surface area contributed by atoms with Crippen molar-refractivity contribution in [1.82, 2.24) is 5.32 Å². The first-order valence-corrected chi connectivity index (χ1v) is 7.18. The Morgan fingerprint density at radius 3 is 2.61 bits per heavy atom. The number of rotatable bonds is 5. The highest BCUT2D eigenvalue weighted by Crippen LogP contribution is 2.19. The van der Waals surface area contributed by atoms with E-state index >= 15 is 0 Å². The summed E-state index contributed by atoms with van der Waals surface area (Å²) < 4.78 is 13.0. The predicted octanol–water partition coefficient (Wildman–Crippen LogP) is 2.89. The first kappa shape index (κ1) is 16.8. The van der Waals surface area contributed by atoms with Gasteiger partial charge in [-0.3, -0.25) is 9.59 Å². The number of halogens is 2. The van der Waals surface area contributed by atoms with Crippen LogP contribution in [0.15, 0.2) is 42.5 Å². The summed E-state index contributed by atoms with van der Waals surface area (Å²) in [5.41, 5.74) is 1.49. The highest BCUT2D eigenvalue weighted by Gasteiger charge is 2.07. The second-order valence-corrected chi connectivity index (χ2v) is 5.10. The average molecular weight is 336 g/mol. The number of hydrogen-bond acceptors (Lipinski definition) is 3. The van der Waals surface area contributed by atoms with Crippen molar-refractivity contribution in [2.45, 2.75) is 0 Å². The standard InChI is InChI=1S/C16H15ClFN3O2/c1-19-16(23)10-3-2-4-12(7-10)21-15(22)9-20-11-5-6-14(18)13(17)8-11/h2-8,20H,9H2,1H3,(H,19,23)(H,21,22). The van der Waals surface area contributed by atoms with Crippen molar-refractivity contribution >= 4 is 34.8 Å². The normalized spacial score (nSPS) is 10.0. The van der Waals surface area contributed by atoms with Crippen molar-refractivity contribution in [2.24, 2.45) is 0 Å². The monoisotopic (exact) mass is 335 g/mol. The molecule has 0 aliphatic rings. The van der Waals surface area contributed by atoms with Gasteiger partial charge in [-0.1, -0.05) is 17.7 Å². The van der Waals surface area contributed by atoms with Crippen LogP contribution < -0.4 is 16.0 Å². The van der Waals surface area contributed by atoms with Crippen LogP contribution in [0.2, 0.25) is 5.02 Å². The van der Waals surface area contributed by atoms with Crippen molar-refractivity contribution < 1.29 is 14.0 Å². The molecule has 120 valence electrons. The summed E-state index contributed by atoms with van der Waals surface area (Å²) in [6, 6.07) is 10.7. The molecule has 0 saturated carbocycles. The maximum atomic E-state index is 13.0. The first-order chi connectivity index (χ1) is 11.0. The smallest absolute Gasteiger partial charge is 0.251 e. The number of carbonyl (C=O) groups is 2. The molecule has 0 radical (unpaired) electrons. The Morgan fingerprint density at radius 1 is 1.13 bits per heavy atom. The summed E-state index contributed by atoms with van der Waals surface area (Å²) in [5, 5.41) is 8.00. The quantitative estimate of drug-likeness (QED) is 0.787. The molecule has 0 aliphatic carbocycles. The number of hydrogen-bond donors (Lipinski definition) is 3. The molecule has 7 heteroatoms. The minimum Gasteiger partial charge on any atom is -0.376 e. The molecule has 5 nitrogen and oxygen atoms in total. The molecule has 2 aromatic carbocycles. The van der Waals surface area contributed by atoms with Gasteiger partial charge in [0.25, 0.3) is 5.91 Å². The Labute approximate surface area is 137 Å². The van der Waals surface area contributed by atoms with E-state index in [0.29, 0.717) is 16.9 Å². The molecule has 2 aromatic rings. The summed E-state index contributed by atoms with van der Waals surface area (Å²) in [6.45, 7) is -0.0217. The summed E-state index contributed by atoms with van der Waals surface area (Å²) in [7, 11) is 1.53. The van der Waals surface area contributed by atoms with Gasteiger partial charge < -0.3 is 16.0 Å². The molecule has 0 aliphatic heterocycles. The van der Waals surface area contributed by atoms with Gasteiger partial charge >= 0.3 is 0 Å². The molecule has 2 rings (SSSR count). The van der Waals surface area contributed by atoms with E-state index in [9.17, 15) is 14.0 Å². The molecule has 2 amide bonds. The molecule has 0 fully saturated rings. The molecular formula is C16H15ClFN3O2.